The summed E-state index contributed by atoms with van der Waals surface area (Å²) in [5.41, 5.74) is 1.63. The molecule has 0 amide bonds. The molecule has 1 aromatic heterocycles. The summed E-state index contributed by atoms with van der Waals surface area (Å²) >= 11 is 6.35. The fraction of sp³-hybridized carbons (Fsp3) is 0.500. The fourth-order valence-corrected chi connectivity index (χ4v) is 3.01. The van der Waals surface area contributed by atoms with Crippen molar-refractivity contribution in [2.75, 3.05) is 13.2 Å². The van der Waals surface area contributed by atoms with Gasteiger partial charge in [-0.05, 0) is 58.2 Å². The third-order valence-electron chi connectivity index (χ3n) is 4.15. The first-order valence-electron chi connectivity index (χ1n) is 9.00. The molecule has 140 valence electrons. The summed E-state index contributed by atoms with van der Waals surface area (Å²) in [6.45, 7) is 7.25. The van der Waals surface area contributed by atoms with E-state index in [1.54, 1.807) is 0 Å². The first-order valence-corrected chi connectivity index (χ1v) is 9.38. The molecule has 0 radical (unpaired) electrons. The van der Waals surface area contributed by atoms with Gasteiger partial charge in [0.15, 0.2) is 0 Å². The zero-order valence-electron chi connectivity index (χ0n) is 15.5. The molecule has 2 aromatic rings. The molecule has 0 unspecified atom stereocenters. The molecule has 0 fully saturated rings. The lowest BCUT2D eigenvalue weighted by Gasteiger charge is -2.09. The van der Waals surface area contributed by atoms with Gasteiger partial charge in [0.05, 0.1) is 22.9 Å². The van der Waals surface area contributed by atoms with E-state index in [-0.39, 0.29) is 5.54 Å². The standard InChI is InChI=1S/C20H25ClN2O3/c1-14-11-16(26-23-14)7-5-4-6-10-24-18-9-8-15(12-17(18)21)19-22-20(2,3)13-25-19/h8-9,11-12H,4-7,10,13H2,1-3H3. The normalized spacial score (nSPS) is 15.6. The van der Waals surface area contributed by atoms with Crippen LogP contribution in [0.4, 0.5) is 0 Å². The van der Waals surface area contributed by atoms with Crippen molar-refractivity contribution < 1.29 is 14.0 Å². The number of halogens is 1. The Morgan fingerprint density at radius 1 is 1.19 bits per heavy atom. The Balaban J connectivity index is 1.42. The van der Waals surface area contributed by atoms with Gasteiger partial charge in [0.1, 0.15) is 18.1 Å². The van der Waals surface area contributed by atoms with E-state index in [0.717, 1.165) is 42.7 Å². The van der Waals surface area contributed by atoms with Crippen molar-refractivity contribution in [3.8, 4) is 5.75 Å². The molecule has 0 saturated carbocycles. The molecule has 0 atom stereocenters. The maximum Gasteiger partial charge on any atom is 0.216 e. The Morgan fingerprint density at radius 3 is 2.69 bits per heavy atom. The molecule has 3 rings (SSSR count). The van der Waals surface area contributed by atoms with Gasteiger partial charge in [0.25, 0.3) is 0 Å². The topological polar surface area (TPSA) is 56.9 Å². The van der Waals surface area contributed by atoms with Crippen LogP contribution in [0.2, 0.25) is 5.02 Å². The fourth-order valence-electron chi connectivity index (χ4n) is 2.78. The lowest BCUT2D eigenvalue weighted by Crippen LogP contribution is -2.17. The van der Waals surface area contributed by atoms with Crippen LogP contribution in [-0.2, 0) is 11.2 Å². The Hall–Kier alpha value is -2.01. The van der Waals surface area contributed by atoms with E-state index >= 15 is 0 Å². The SMILES string of the molecule is Cc1cc(CCCCCOc2ccc(C3=NC(C)(C)CO3)cc2Cl)on1. The van der Waals surface area contributed by atoms with Crippen molar-refractivity contribution >= 4 is 17.5 Å². The van der Waals surface area contributed by atoms with Gasteiger partial charge < -0.3 is 14.0 Å². The maximum absolute atomic E-state index is 6.35. The molecule has 5 nitrogen and oxygen atoms in total. The van der Waals surface area contributed by atoms with Gasteiger partial charge in [0, 0.05) is 18.1 Å². The first kappa shape index (κ1) is 18.8. The third kappa shape index (κ3) is 5.01. The van der Waals surface area contributed by atoms with Gasteiger partial charge in [0.2, 0.25) is 5.90 Å². The van der Waals surface area contributed by atoms with Crippen LogP contribution in [0.25, 0.3) is 0 Å². The smallest absolute Gasteiger partial charge is 0.216 e. The Bertz CT molecular complexity index is 783. The summed E-state index contributed by atoms with van der Waals surface area (Å²) in [4.78, 5) is 4.57. The quantitative estimate of drug-likeness (QED) is 0.609. The second kappa shape index (κ2) is 8.12. The minimum absolute atomic E-state index is 0.179. The van der Waals surface area contributed by atoms with Crippen LogP contribution in [0.1, 0.15) is 50.1 Å². The van der Waals surface area contributed by atoms with E-state index in [2.05, 4.69) is 10.1 Å². The van der Waals surface area contributed by atoms with E-state index < -0.39 is 0 Å². The highest BCUT2D eigenvalue weighted by atomic mass is 35.5. The second-order valence-corrected chi connectivity index (χ2v) is 7.66. The van der Waals surface area contributed by atoms with Crippen molar-refractivity contribution in [2.24, 2.45) is 4.99 Å². The zero-order valence-corrected chi connectivity index (χ0v) is 16.3. The summed E-state index contributed by atoms with van der Waals surface area (Å²) in [7, 11) is 0. The predicted octanol–water partition coefficient (Wildman–Crippen LogP) is 4.98. The highest BCUT2D eigenvalue weighted by Crippen LogP contribution is 2.28. The molecule has 2 heterocycles. The minimum Gasteiger partial charge on any atom is -0.492 e. The van der Waals surface area contributed by atoms with Crippen molar-refractivity contribution in [2.45, 2.75) is 52.0 Å². The van der Waals surface area contributed by atoms with Crippen LogP contribution in [0, 0.1) is 6.92 Å². The number of benzene rings is 1. The highest BCUT2D eigenvalue weighted by molar-refractivity contribution is 6.32. The van der Waals surface area contributed by atoms with Crippen LogP contribution in [-0.4, -0.2) is 29.8 Å². The Labute approximate surface area is 159 Å². The number of aryl methyl sites for hydroxylation is 2. The van der Waals surface area contributed by atoms with E-state index in [0.29, 0.717) is 29.9 Å². The molecule has 0 spiro atoms. The molecule has 1 aliphatic heterocycles. The van der Waals surface area contributed by atoms with Gasteiger partial charge in [-0.2, -0.15) is 0 Å². The number of nitrogens with zero attached hydrogens (tertiary/aromatic N) is 2. The summed E-state index contributed by atoms with van der Waals surface area (Å²) in [6, 6.07) is 7.65. The number of rotatable bonds is 8. The third-order valence-corrected chi connectivity index (χ3v) is 4.44. The minimum atomic E-state index is -0.179. The predicted molar refractivity (Wildman–Crippen MR) is 102 cm³/mol. The largest absolute Gasteiger partial charge is 0.492 e. The monoisotopic (exact) mass is 376 g/mol. The summed E-state index contributed by atoms with van der Waals surface area (Å²) in [5.74, 6) is 2.28. The second-order valence-electron chi connectivity index (χ2n) is 7.26. The zero-order chi connectivity index (χ0) is 18.6. The number of hydrogen-bond donors (Lipinski definition) is 0. The lowest BCUT2D eigenvalue weighted by atomic mass is 10.1. The lowest BCUT2D eigenvalue weighted by molar-refractivity contribution is 0.279. The molecule has 0 aliphatic carbocycles. The van der Waals surface area contributed by atoms with Crippen LogP contribution in [0.3, 0.4) is 0 Å². The van der Waals surface area contributed by atoms with E-state index in [1.165, 1.54) is 0 Å². The molecule has 1 aromatic carbocycles. The van der Waals surface area contributed by atoms with Gasteiger partial charge in [-0.1, -0.05) is 16.8 Å². The highest BCUT2D eigenvalue weighted by Gasteiger charge is 2.27. The van der Waals surface area contributed by atoms with Gasteiger partial charge in [-0.3, -0.25) is 0 Å². The maximum atomic E-state index is 6.35. The molecule has 1 aliphatic rings. The summed E-state index contributed by atoms with van der Waals surface area (Å²) in [5, 5.41) is 4.47. The van der Waals surface area contributed by atoms with Crippen molar-refractivity contribution in [3.63, 3.8) is 0 Å². The van der Waals surface area contributed by atoms with Crippen LogP contribution in [0.5, 0.6) is 5.75 Å². The molecule has 0 N–H and O–H groups in total. The summed E-state index contributed by atoms with van der Waals surface area (Å²) in [6.07, 6.45) is 4.00. The average molecular weight is 377 g/mol. The van der Waals surface area contributed by atoms with Crippen LogP contribution < -0.4 is 4.74 Å². The molecular weight excluding hydrogens is 352 g/mol. The number of aromatic nitrogens is 1. The molecule has 26 heavy (non-hydrogen) atoms. The summed E-state index contributed by atoms with van der Waals surface area (Å²) < 4.78 is 16.7. The van der Waals surface area contributed by atoms with Gasteiger partial charge in [-0.15, -0.1) is 0 Å². The van der Waals surface area contributed by atoms with Crippen LogP contribution >= 0.6 is 11.6 Å². The molecule has 0 bridgehead atoms. The van der Waals surface area contributed by atoms with Gasteiger partial charge >= 0.3 is 0 Å². The van der Waals surface area contributed by atoms with Gasteiger partial charge in [-0.25, -0.2) is 4.99 Å². The van der Waals surface area contributed by atoms with Crippen molar-refractivity contribution in [1.29, 1.82) is 0 Å². The number of aliphatic imine (C=N–C) groups is 1. The molecule has 6 heteroatoms. The molecular formula is C20H25ClN2O3. The number of hydrogen-bond acceptors (Lipinski definition) is 5. The number of ether oxygens (including phenoxy) is 2. The van der Waals surface area contributed by atoms with E-state index in [9.17, 15) is 0 Å². The Kier molecular flexibility index (Phi) is 5.87. The van der Waals surface area contributed by atoms with Crippen molar-refractivity contribution in [3.05, 3.63) is 46.3 Å². The number of unbranched alkanes of at least 4 members (excludes halogenated alkanes) is 2. The van der Waals surface area contributed by atoms with E-state index in [4.69, 9.17) is 25.6 Å². The van der Waals surface area contributed by atoms with E-state index in [1.807, 2.05) is 45.0 Å². The van der Waals surface area contributed by atoms with Crippen molar-refractivity contribution in [1.82, 2.24) is 5.16 Å². The Morgan fingerprint density at radius 2 is 2.04 bits per heavy atom. The average Bonchev–Trinajstić information content (AvgIpc) is 3.17. The van der Waals surface area contributed by atoms with Crippen LogP contribution in [0.15, 0.2) is 33.8 Å². The first-order chi connectivity index (χ1) is 12.4. The molecule has 0 saturated heterocycles.